The number of sulfonamides is 1. The third kappa shape index (κ3) is 5.08. The van der Waals surface area contributed by atoms with Crippen molar-refractivity contribution in [2.24, 2.45) is 0 Å². The van der Waals surface area contributed by atoms with E-state index in [1.807, 2.05) is 13.0 Å². The first-order valence-corrected chi connectivity index (χ1v) is 12.6. The van der Waals surface area contributed by atoms with Gasteiger partial charge in [-0.05, 0) is 79.9 Å². The number of carbonyl (C=O) groups is 2. The van der Waals surface area contributed by atoms with Gasteiger partial charge >= 0.3 is 0 Å². The molecule has 34 heavy (non-hydrogen) atoms. The molecule has 0 bridgehead atoms. The fraction of sp³-hybridized carbons (Fsp3) is 0.200. The minimum atomic E-state index is -3.76. The third-order valence-electron chi connectivity index (χ3n) is 5.60. The van der Waals surface area contributed by atoms with Gasteiger partial charge < -0.3 is 10.2 Å². The van der Waals surface area contributed by atoms with Crippen molar-refractivity contribution in [3.63, 3.8) is 0 Å². The summed E-state index contributed by atoms with van der Waals surface area (Å²) in [5, 5.41) is 3.15. The molecule has 0 radical (unpaired) electrons. The molecule has 0 unspecified atom stereocenters. The van der Waals surface area contributed by atoms with Crippen molar-refractivity contribution in [3.8, 4) is 0 Å². The number of carbonyl (C=O) groups excluding carboxylic acids is 2. The number of anilines is 3. The maximum Gasteiger partial charge on any atom is 0.262 e. The van der Waals surface area contributed by atoms with Crippen molar-refractivity contribution >= 4 is 50.5 Å². The van der Waals surface area contributed by atoms with Gasteiger partial charge in [-0.1, -0.05) is 23.7 Å². The Hall–Kier alpha value is -3.36. The molecule has 1 aliphatic rings. The van der Waals surface area contributed by atoms with Crippen molar-refractivity contribution < 1.29 is 18.0 Å². The first-order valence-electron chi connectivity index (χ1n) is 10.8. The standard InChI is InChI=1S/C25H24ClN3O4S/c1-16-5-6-17(2)23(14-16)34(32,33)28-19-9-7-18(8-10-19)25(31)27-20-11-12-22(21(26)15-20)29-13-3-4-24(29)30/h5-12,14-15,28H,3-4,13H2,1-2H3,(H,27,31). The van der Waals surface area contributed by atoms with Gasteiger partial charge in [0.1, 0.15) is 0 Å². The molecule has 4 rings (SSSR count). The number of benzene rings is 3. The molecule has 9 heteroatoms. The molecule has 0 saturated carbocycles. The largest absolute Gasteiger partial charge is 0.322 e. The fourth-order valence-corrected chi connectivity index (χ4v) is 5.48. The Labute approximate surface area is 203 Å². The van der Waals surface area contributed by atoms with Crippen LogP contribution < -0.4 is 14.9 Å². The summed E-state index contributed by atoms with van der Waals surface area (Å²) in [5.74, 6) is -0.336. The number of hydrogen-bond acceptors (Lipinski definition) is 4. The van der Waals surface area contributed by atoms with E-state index < -0.39 is 10.0 Å². The first-order chi connectivity index (χ1) is 16.1. The molecule has 0 aromatic heterocycles. The number of nitrogens with zero attached hydrogens (tertiary/aromatic N) is 1. The highest BCUT2D eigenvalue weighted by Gasteiger charge is 2.24. The van der Waals surface area contributed by atoms with Crippen molar-refractivity contribution in [1.82, 2.24) is 0 Å². The van der Waals surface area contributed by atoms with E-state index in [1.165, 1.54) is 24.3 Å². The van der Waals surface area contributed by atoms with Crippen LogP contribution in [0.5, 0.6) is 0 Å². The maximum atomic E-state index is 12.8. The molecule has 0 atom stereocenters. The van der Waals surface area contributed by atoms with E-state index in [0.29, 0.717) is 46.2 Å². The van der Waals surface area contributed by atoms with Gasteiger partial charge in [-0.2, -0.15) is 0 Å². The number of rotatable bonds is 6. The van der Waals surface area contributed by atoms with Crippen LogP contribution >= 0.6 is 11.6 Å². The van der Waals surface area contributed by atoms with Gasteiger partial charge in [-0.3, -0.25) is 14.3 Å². The van der Waals surface area contributed by atoms with Crippen LogP contribution in [0.2, 0.25) is 5.02 Å². The monoisotopic (exact) mass is 497 g/mol. The second-order valence-corrected chi connectivity index (χ2v) is 10.3. The van der Waals surface area contributed by atoms with Gasteiger partial charge in [0.15, 0.2) is 0 Å². The van der Waals surface area contributed by atoms with Gasteiger partial charge in [-0.15, -0.1) is 0 Å². The Bertz CT molecular complexity index is 1370. The second-order valence-electron chi connectivity index (χ2n) is 8.22. The van der Waals surface area contributed by atoms with Gasteiger partial charge in [0, 0.05) is 29.9 Å². The normalized spacial score (nSPS) is 13.7. The zero-order chi connectivity index (χ0) is 24.5. The zero-order valence-corrected chi connectivity index (χ0v) is 20.3. The Morgan fingerprint density at radius 1 is 0.971 bits per heavy atom. The molecular weight excluding hydrogens is 474 g/mol. The smallest absolute Gasteiger partial charge is 0.262 e. The van der Waals surface area contributed by atoms with E-state index in [2.05, 4.69) is 10.0 Å². The number of hydrogen-bond donors (Lipinski definition) is 2. The maximum absolute atomic E-state index is 12.8. The van der Waals surface area contributed by atoms with E-state index in [9.17, 15) is 18.0 Å². The lowest BCUT2D eigenvalue weighted by molar-refractivity contribution is -0.117. The van der Waals surface area contributed by atoms with E-state index in [-0.39, 0.29) is 16.7 Å². The molecule has 3 aromatic rings. The minimum Gasteiger partial charge on any atom is -0.322 e. The van der Waals surface area contributed by atoms with Crippen LogP contribution in [0.1, 0.15) is 34.3 Å². The molecule has 0 spiro atoms. The Kier molecular flexibility index (Phi) is 6.63. The summed E-state index contributed by atoms with van der Waals surface area (Å²) in [6, 6.07) is 16.4. The lowest BCUT2D eigenvalue weighted by atomic mass is 10.2. The number of halogens is 1. The molecule has 3 aromatic carbocycles. The minimum absolute atomic E-state index is 0.0342. The molecule has 1 saturated heterocycles. The summed E-state index contributed by atoms with van der Waals surface area (Å²) >= 11 is 6.35. The highest BCUT2D eigenvalue weighted by Crippen LogP contribution is 2.32. The molecule has 2 N–H and O–H groups in total. The van der Waals surface area contributed by atoms with Crippen LogP contribution in [0.3, 0.4) is 0 Å². The summed E-state index contributed by atoms with van der Waals surface area (Å²) in [6.45, 7) is 4.20. The zero-order valence-electron chi connectivity index (χ0n) is 18.8. The van der Waals surface area contributed by atoms with Crippen LogP contribution in [0, 0.1) is 13.8 Å². The lowest BCUT2D eigenvalue weighted by Crippen LogP contribution is -2.24. The predicted octanol–water partition coefficient (Wildman–Crippen LogP) is 5.14. The van der Waals surface area contributed by atoms with E-state index in [4.69, 9.17) is 11.6 Å². The van der Waals surface area contributed by atoms with Crippen molar-refractivity contribution in [2.75, 3.05) is 21.5 Å². The van der Waals surface area contributed by atoms with Crippen LogP contribution in [-0.2, 0) is 14.8 Å². The molecule has 1 fully saturated rings. The highest BCUT2D eigenvalue weighted by molar-refractivity contribution is 7.92. The predicted molar refractivity (Wildman–Crippen MR) is 134 cm³/mol. The molecule has 1 heterocycles. The highest BCUT2D eigenvalue weighted by atomic mass is 35.5. The topological polar surface area (TPSA) is 95.6 Å². The number of aryl methyl sites for hydroxylation is 2. The van der Waals surface area contributed by atoms with Gasteiger partial charge in [0.25, 0.3) is 15.9 Å². The molecule has 176 valence electrons. The lowest BCUT2D eigenvalue weighted by Gasteiger charge is -2.18. The second kappa shape index (κ2) is 9.48. The number of nitrogens with one attached hydrogen (secondary N) is 2. The Balaban J connectivity index is 1.45. The molecule has 2 amide bonds. The van der Waals surface area contributed by atoms with Crippen LogP contribution in [0.4, 0.5) is 17.1 Å². The first kappa shape index (κ1) is 23.8. The summed E-state index contributed by atoms with van der Waals surface area (Å²) in [6.07, 6.45) is 1.30. The van der Waals surface area contributed by atoms with Crippen molar-refractivity contribution in [3.05, 3.63) is 82.4 Å². The quantitative estimate of drug-likeness (QED) is 0.493. The van der Waals surface area contributed by atoms with Crippen LogP contribution in [-0.4, -0.2) is 26.8 Å². The van der Waals surface area contributed by atoms with Crippen LogP contribution in [0.25, 0.3) is 0 Å². The summed E-state index contributed by atoms with van der Waals surface area (Å²) in [7, 11) is -3.76. The van der Waals surface area contributed by atoms with E-state index >= 15 is 0 Å². The Morgan fingerprint density at radius 3 is 2.32 bits per heavy atom. The molecular formula is C25H24ClN3O4S. The molecule has 1 aliphatic heterocycles. The van der Waals surface area contributed by atoms with Gasteiger partial charge in [-0.25, -0.2) is 8.42 Å². The molecule has 7 nitrogen and oxygen atoms in total. The average Bonchev–Trinajstić information content (AvgIpc) is 3.21. The van der Waals surface area contributed by atoms with Crippen molar-refractivity contribution in [1.29, 1.82) is 0 Å². The fourth-order valence-electron chi connectivity index (χ4n) is 3.81. The van der Waals surface area contributed by atoms with Crippen LogP contribution in [0.15, 0.2) is 65.6 Å². The Morgan fingerprint density at radius 2 is 1.68 bits per heavy atom. The molecule has 0 aliphatic carbocycles. The average molecular weight is 498 g/mol. The third-order valence-corrected chi connectivity index (χ3v) is 7.43. The summed E-state index contributed by atoms with van der Waals surface area (Å²) in [5.41, 5.74) is 3.31. The summed E-state index contributed by atoms with van der Waals surface area (Å²) in [4.78, 5) is 26.5. The van der Waals surface area contributed by atoms with Gasteiger partial charge in [0.05, 0.1) is 15.6 Å². The van der Waals surface area contributed by atoms with E-state index in [0.717, 1.165) is 12.0 Å². The SMILES string of the molecule is Cc1ccc(C)c(S(=O)(=O)Nc2ccc(C(=O)Nc3ccc(N4CCCC4=O)c(Cl)c3)cc2)c1. The number of amides is 2. The summed E-state index contributed by atoms with van der Waals surface area (Å²) < 4.78 is 28.1. The van der Waals surface area contributed by atoms with Crippen molar-refractivity contribution in [2.45, 2.75) is 31.6 Å². The van der Waals surface area contributed by atoms with Gasteiger partial charge in [0.2, 0.25) is 5.91 Å². The van der Waals surface area contributed by atoms with E-state index in [1.54, 1.807) is 42.2 Å².